The van der Waals surface area contributed by atoms with Gasteiger partial charge in [-0.2, -0.15) is 0 Å². The lowest BCUT2D eigenvalue weighted by atomic mass is 9.94. The molecule has 4 rings (SSSR count). The Morgan fingerprint density at radius 1 is 0.963 bits per heavy atom. The van der Waals surface area contributed by atoms with E-state index in [0.29, 0.717) is 24.7 Å². The molecule has 3 fully saturated rings. The third-order valence-corrected chi connectivity index (χ3v) is 6.81. The summed E-state index contributed by atoms with van der Waals surface area (Å²) in [4.78, 5) is 5.30. The second-order valence-corrected chi connectivity index (χ2v) is 8.86. The van der Waals surface area contributed by atoms with Crippen LogP contribution in [-0.2, 0) is 6.54 Å². The van der Waals surface area contributed by atoms with Gasteiger partial charge in [0.05, 0.1) is 6.10 Å². The summed E-state index contributed by atoms with van der Waals surface area (Å²) in [7, 11) is 0. The lowest BCUT2D eigenvalue weighted by molar-refractivity contribution is 0.0543. The number of aliphatic hydroxyl groups is 1. The van der Waals surface area contributed by atoms with Gasteiger partial charge in [-0.05, 0) is 94.6 Å². The molecular weight excluding hydrogens is 336 g/mol. The number of aliphatic hydroxyl groups excluding tert-OH is 1. The van der Waals surface area contributed by atoms with E-state index >= 15 is 0 Å². The van der Waals surface area contributed by atoms with Gasteiger partial charge in [0.15, 0.2) is 0 Å². The van der Waals surface area contributed by atoms with E-state index in [-0.39, 0.29) is 0 Å². The third kappa shape index (κ3) is 5.24. The first-order chi connectivity index (χ1) is 13.3. The Morgan fingerprint density at radius 3 is 2.56 bits per heavy atom. The van der Waals surface area contributed by atoms with Crippen LogP contribution in [-0.4, -0.2) is 59.8 Å². The maximum Gasteiger partial charge on any atom is 0.120 e. The minimum atomic E-state index is 0.365. The van der Waals surface area contributed by atoms with Gasteiger partial charge in [-0.3, -0.25) is 9.80 Å². The topological polar surface area (TPSA) is 35.9 Å². The molecule has 1 saturated carbocycles. The van der Waals surface area contributed by atoms with Gasteiger partial charge in [0.2, 0.25) is 0 Å². The lowest BCUT2D eigenvalue weighted by Crippen LogP contribution is -2.50. The van der Waals surface area contributed by atoms with E-state index < -0.39 is 0 Å². The van der Waals surface area contributed by atoms with Gasteiger partial charge in [-0.1, -0.05) is 12.1 Å². The van der Waals surface area contributed by atoms with Gasteiger partial charge >= 0.3 is 0 Å². The predicted octanol–water partition coefficient (Wildman–Crippen LogP) is 3.68. The van der Waals surface area contributed by atoms with Gasteiger partial charge < -0.3 is 9.84 Å². The molecule has 0 radical (unpaired) electrons. The molecule has 1 aliphatic carbocycles. The van der Waals surface area contributed by atoms with Gasteiger partial charge in [0, 0.05) is 25.7 Å². The van der Waals surface area contributed by atoms with E-state index in [2.05, 4.69) is 34.1 Å². The zero-order valence-electron chi connectivity index (χ0n) is 16.7. The van der Waals surface area contributed by atoms with Gasteiger partial charge in [-0.25, -0.2) is 0 Å². The number of hydrogen-bond acceptors (Lipinski definition) is 4. The number of nitrogens with zero attached hydrogens (tertiary/aromatic N) is 2. The standard InChI is InChI=1S/C23H36N2O2/c26-18-19-10-13-25(14-11-19)21-6-4-12-24(17-21)16-20-5-3-9-23(15-20)27-22-7-1-2-8-22/h3,5,9,15,19,21-22,26H,1-2,4,6-8,10-14,16-18H2/t21-/m1/s1. The molecule has 0 spiro atoms. The molecule has 1 N–H and O–H groups in total. The monoisotopic (exact) mass is 372 g/mol. The Kier molecular flexibility index (Phi) is 6.69. The number of piperidine rings is 2. The van der Waals surface area contributed by atoms with Gasteiger partial charge in [-0.15, -0.1) is 0 Å². The summed E-state index contributed by atoms with van der Waals surface area (Å²) in [5.41, 5.74) is 1.38. The fourth-order valence-electron chi connectivity index (χ4n) is 5.15. The van der Waals surface area contributed by atoms with Crippen molar-refractivity contribution in [1.82, 2.24) is 9.80 Å². The maximum atomic E-state index is 9.37. The molecule has 3 aliphatic rings. The Bertz CT molecular complexity index is 579. The molecule has 0 unspecified atom stereocenters. The molecular formula is C23H36N2O2. The fourth-order valence-corrected chi connectivity index (χ4v) is 5.15. The van der Waals surface area contributed by atoms with Crippen molar-refractivity contribution in [2.45, 2.75) is 70.1 Å². The van der Waals surface area contributed by atoms with Crippen molar-refractivity contribution < 1.29 is 9.84 Å². The van der Waals surface area contributed by atoms with Crippen LogP contribution in [0.4, 0.5) is 0 Å². The van der Waals surface area contributed by atoms with Crippen LogP contribution in [0, 0.1) is 5.92 Å². The Labute approximate surface area is 164 Å². The number of benzene rings is 1. The van der Waals surface area contributed by atoms with Crippen LogP contribution >= 0.6 is 0 Å². The highest BCUT2D eigenvalue weighted by Gasteiger charge is 2.28. The van der Waals surface area contributed by atoms with Gasteiger partial charge in [0.25, 0.3) is 0 Å². The van der Waals surface area contributed by atoms with Crippen LogP contribution in [0.25, 0.3) is 0 Å². The summed E-state index contributed by atoms with van der Waals surface area (Å²) >= 11 is 0. The summed E-state index contributed by atoms with van der Waals surface area (Å²) in [6.07, 6.45) is 10.4. The molecule has 0 bridgehead atoms. The summed E-state index contributed by atoms with van der Waals surface area (Å²) in [5, 5.41) is 9.37. The maximum absolute atomic E-state index is 9.37. The fraction of sp³-hybridized carbons (Fsp3) is 0.739. The highest BCUT2D eigenvalue weighted by molar-refractivity contribution is 5.28. The van der Waals surface area contributed by atoms with Crippen LogP contribution in [0.5, 0.6) is 5.75 Å². The van der Waals surface area contributed by atoms with Gasteiger partial charge in [0.1, 0.15) is 5.75 Å². The van der Waals surface area contributed by atoms with Crippen molar-refractivity contribution in [3.63, 3.8) is 0 Å². The first-order valence-electron chi connectivity index (χ1n) is 11.1. The lowest BCUT2D eigenvalue weighted by Gasteiger charge is -2.42. The minimum absolute atomic E-state index is 0.365. The molecule has 1 aromatic carbocycles. The highest BCUT2D eigenvalue weighted by Crippen LogP contribution is 2.26. The average Bonchev–Trinajstić information content (AvgIpc) is 3.22. The molecule has 1 aromatic rings. The molecule has 2 saturated heterocycles. The first kappa shape index (κ1) is 19.2. The average molecular weight is 373 g/mol. The molecule has 1 atom stereocenters. The van der Waals surface area contributed by atoms with E-state index in [9.17, 15) is 5.11 Å². The van der Waals surface area contributed by atoms with E-state index in [1.54, 1.807) is 0 Å². The number of rotatable bonds is 6. The van der Waals surface area contributed by atoms with Crippen LogP contribution in [0.15, 0.2) is 24.3 Å². The van der Waals surface area contributed by atoms with Crippen molar-refractivity contribution >= 4 is 0 Å². The predicted molar refractivity (Wildman–Crippen MR) is 109 cm³/mol. The van der Waals surface area contributed by atoms with Crippen molar-refractivity contribution in [3.05, 3.63) is 29.8 Å². The Hall–Kier alpha value is -1.10. The summed E-state index contributed by atoms with van der Waals surface area (Å²) < 4.78 is 6.19. The normalized spacial score (nSPS) is 26.5. The van der Waals surface area contributed by atoms with Crippen molar-refractivity contribution in [2.75, 3.05) is 32.8 Å². The minimum Gasteiger partial charge on any atom is -0.490 e. The Morgan fingerprint density at radius 2 is 1.78 bits per heavy atom. The molecule has 0 amide bonds. The molecule has 2 aliphatic heterocycles. The molecule has 4 nitrogen and oxygen atoms in total. The van der Waals surface area contributed by atoms with Crippen molar-refractivity contribution in [1.29, 1.82) is 0 Å². The largest absolute Gasteiger partial charge is 0.490 e. The number of ether oxygens (including phenoxy) is 1. The highest BCUT2D eigenvalue weighted by atomic mass is 16.5. The second kappa shape index (κ2) is 9.40. The van der Waals surface area contributed by atoms with E-state index in [1.807, 2.05) is 0 Å². The zero-order valence-corrected chi connectivity index (χ0v) is 16.7. The van der Waals surface area contributed by atoms with E-state index in [1.165, 1.54) is 57.2 Å². The molecule has 0 aromatic heterocycles. The van der Waals surface area contributed by atoms with Crippen LogP contribution in [0.3, 0.4) is 0 Å². The third-order valence-electron chi connectivity index (χ3n) is 6.81. The smallest absolute Gasteiger partial charge is 0.120 e. The molecule has 4 heteroatoms. The summed E-state index contributed by atoms with van der Waals surface area (Å²) in [6.45, 7) is 6.10. The van der Waals surface area contributed by atoms with E-state index in [0.717, 1.165) is 38.2 Å². The SMILES string of the molecule is OCC1CCN([C@@H]2CCCN(Cc3cccc(OC4CCCC4)c3)C2)CC1. The summed E-state index contributed by atoms with van der Waals surface area (Å²) in [5.74, 6) is 1.59. The molecule has 27 heavy (non-hydrogen) atoms. The van der Waals surface area contributed by atoms with Crippen LogP contribution < -0.4 is 4.74 Å². The Balaban J connectivity index is 1.30. The molecule has 2 heterocycles. The van der Waals surface area contributed by atoms with Crippen LogP contribution in [0.2, 0.25) is 0 Å². The quantitative estimate of drug-likeness (QED) is 0.826. The zero-order chi connectivity index (χ0) is 18.5. The van der Waals surface area contributed by atoms with Crippen molar-refractivity contribution in [2.24, 2.45) is 5.92 Å². The van der Waals surface area contributed by atoms with Crippen molar-refractivity contribution in [3.8, 4) is 5.75 Å². The second-order valence-electron chi connectivity index (χ2n) is 8.86. The summed E-state index contributed by atoms with van der Waals surface area (Å²) in [6, 6.07) is 9.47. The first-order valence-corrected chi connectivity index (χ1v) is 11.1. The number of likely N-dealkylation sites (tertiary alicyclic amines) is 2. The van der Waals surface area contributed by atoms with Crippen LogP contribution in [0.1, 0.15) is 56.9 Å². The van der Waals surface area contributed by atoms with E-state index in [4.69, 9.17) is 4.74 Å². The number of hydrogen-bond donors (Lipinski definition) is 1. The molecule has 150 valence electrons.